The number of aromatic nitrogens is 3. The molecule has 0 spiro atoms. The number of alkyl halides is 1. The molecule has 172 valence electrons. The van der Waals surface area contributed by atoms with Gasteiger partial charge in [-0.15, -0.1) is 5.11 Å². The van der Waals surface area contributed by atoms with Gasteiger partial charge in [-0.3, -0.25) is 23.9 Å². The first-order valence-corrected chi connectivity index (χ1v) is 10.3. The van der Waals surface area contributed by atoms with Crippen LogP contribution in [0.4, 0.5) is 10.3 Å². The van der Waals surface area contributed by atoms with E-state index in [-0.39, 0.29) is 21.9 Å². The van der Waals surface area contributed by atoms with Crippen LogP contribution in [0.15, 0.2) is 45.0 Å². The van der Waals surface area contributed by atoms with E-state index in [2.05, 4.69) is 15.1 Å². The second-order valence-corrected chi connectivity index (χ2v) is 7.90. The molecule has 2 N–H and O–H groups in total. The maximum Gasteiger partial charge on any atom is 0.338 e. The Morgan fingerprint density at radius 3 is 2.73 bits per heavy atom. The number of halogens is 1. The van der Waals surface area contributed by atoms with E-state index in [0.29, 0.717) is 11.3 Å². The molecular formula is C19H16FN5O7S. The number of H-pyrrole nitrogens is 1. The number of fused-ring (bicyclic) bond motifs is 1. The summed E-state index contributed by atoms with van der Waals surface area (Å²) >= 11 is 0.520. The van der Waals surface area contributed by atoms with Crippen molar-refractivity contribution in [3.05, 3.63) is 55.9 Å². The van der Waals surface area contributed by atoms with Gasteiger partial charge in [-0.1, -0.05) is 29.5 Å². The predicted molar refractivity (Wildman–Crippen MR) is 110 cm³/mol. The van der Waals surface area contributed by atoms with Crippen LogP contribution in [0.2, 0.25) is 0 Å². The van der Waals surface area contributed by atoms with E-state index in [1.165, 1.54) is 12.1 Å². The number of carbonyl (C=O) groups is 2. The van der Waals surface area contributed by atoms with Gasteiger partial charge in [-0.2, -0.15) is 4.98 Å². The van der Waals surface area contributed by atoms with Crippen LogP contribution in [-0.4, -0.2) is 51.5 Å². The van der Waals surface area contributed by atoms with Crippen molar-refractivity contribution in [2.24, 2.45) is 5.11 Å². The average Bonchev–Trinajstić information content (AvgIpc) is 3.28. The fourth-order valence-electron chi connectivity index (χ4n) is 3.36. The van der Waals surface area contributed by atoms with Gasteiger partial charge < -0.3 is 14.2 Å². The molecule has 3 heterocycles. The maximum atomic E-state index is 15.2. The largest absolute Gasteiger partial charge is 0.459 e. The van der Waals surface area contributed by atoms with Crippen LogP contribution in [0.5, 0.6) is 0 Å². The number of nitrogens with one attached hydrogen (secondary N) is 2. The van der Waals surface area contributed by atoms with Gasteiger partial charge in [0.15, 0.2) is 24.2 Å². The average molecular weight is 477 g/mol. The highest BCUT2D eigenvalue weighted by Gasteiger charge is 2.50. The lowest BCUT2D eigenvalue weighted by Crippen LogP contribution is -2.36. The van der Waals surface area contributed by atoms with Crippen molar-refractivity contribution in [3.63, 3.8) is 0 Å². The third-order valence-electron chi connectivity index (χ3n) is 4.78. The maximum absolute atomic E-state index is 15.2. The minimum absolute atomic E-state index is 0.105. The standard InChI is InChI=1S/C19H16FN5O7S/c1-8(26)31-12-11(20)10(7-30-17(28)9-5-3-2-4-6-9)32-16(12)25-14-13(33-19(25)29)15(27)23-18(22-14)24-21/h2-6,10-12,16,21H,7H2,1H3,(H,22,23,27)/t10-,11+,12-,16-/m1/s1. The second kappa shape index (κ2) is 8.99. The molecule has 0 unspecified atom stereocenters. The Kier molecular flexibility index (Phi) is 6.11. The molecular weight excluding hydrogens is 461 g/mol. The molecule has 4 atom stereocenters. The Bertz CT molecular complexity index is 1340. The van der Waals surface area contributed by atoms with Gasteiger partial charge in [0, 0.05) is 6.92 Å². The fourth-order valence-corrected chi connectivity index (χ4v) is 4.21. The first-order valence-electron chi connectivity index (χ1n) is 9.52. The molecule has 2 aromatic heterocycles. The second-order valence-electron chi connectivity index (χ2n) is 6.94. The Morgan fingerprint density at radius 1 is 1.33 bits per heavy atom. The third-order valence-corrected chi connectivity index (χ3v) is 5.72. The Labute approximate surface area is 187 Å². The molecule has 33 heavy (non-hydrogen) atoms. The summed E-state index contributed by atoms with van der Waals surface area (Å²) in [5.41, 5.74) is 6.37. The highest BCUT2D eigenvalue weighted by atomic mass is 32.1. The summed E-state index contributed by atoms with van der Waals surface area (Å²) in [7, 11) is 0. The number of esters is 2. The lowest BCUT2D eigenvalue weighted by atomic mass is 10.1. The smallest absolute Gasteiger partial charge is 0.338 e. The first-order chi connectivity index (χ1) is 15.8. The van der Waals surface area contributed by atoms with E-state index >= 15 is 4.39 Å². The molecule has 14 heteroatoms. The van der Waals surface area contributed by atoms with Crippen molar-refractivity contribution in [2.75, 3.05) is 6.61 Å². The minimum atomic E-state index is -1.97. The minimum Gasteiger partial charge on any atom is -0.459 e. The molecule has 3 aromatic rings. The molecule has 0 radical (unpaired) electrons. The molecule has 0 saturated carbocycles. The van der Waals surface area contributed by atoms with Gasteiger partial charge in [0.2, 0.25) is 0 Å². The number of hydrogen-bond acceptors (Lipinski definition) is 11. The van der Waals surface area contributed by atoms with Crippen molar-refractivity contribution < 1.29 is 28.2 Å². The topological polar surface area (TPSA) is 166 Å². The van der Waals surface area contributed by atoms with Crippen LogP contribution in [0.3, 0.4) is 0 Å². The molecule has 4 rings (SSSR count). The molecule has 1 saturated heterocycles. The van der Waals surface area contributed by atoms with E-state index < -0.39 is 53.6 Å². The molecule has 1 aliphatic rings. The molecule has 12 nitrogen and oxygen atoms in total. The first kappa shape index (κ1) is 22.4. The van der Waals surface area contributed by atoms with E-state index in [4.69, 9.17) is 19.7 Å². The van der Waals surface area contributed by atoms with Gasteiger partial charge >= 0.3 is 16.8 Å². The Morgan fingerprint density at radius 2 is 2.06 bits per heavy atom. The highest BCUT2D eigenvalue weighted by Crippen LogP contribution is 2.35. The number of nitrogens with zero attached hydrogens (tertiary/aromatic N) is 3. The van der Waals surface area contributed by atoms with E-state index in [9.17, 15) is 19.2 Å². The normalized spacial score (nSPS) is 22.2. The quantitative estimate of drug-likeness (QED) is 0.401. The van der Waals surface area contributed by atoms with E-state index in [1.807, 2.05) is 0 Å². The number of benzene rings is 1. The summed E-state index contributed by atoms with van der Waals surface area (Å²) < 4.78 is 31.8. The van der Waals surface area contributed by atoms with Crippen molar-refractivity contribution in [1.29, 1.82) is 5.53 Å². The van der Waals surface area contributed by atoms with Crippen molar-refractivity contribution in [2.45, 2.75) is 31.5 Å². The SMILES string of the molecule is CC(=O)O[C@@H]1[C@@H](F)[C@@H](COC(=O)c2ccccc2)O[C@H]1n1c(=O)sc2c(=O)[nH]c(N=N)nc21. The molecule has 1 fully saturated rings. The van der Waals surface area contributed by atoms with Crippen LogP contribution in [0.1, 0.15) is 23.5 Å². The van der Waals surface area contributed by atoms with E-state index in [1.54, 1.807) is 18.2 Å². The highest BCUT2D eigenvalue weighted by molar-refractivity contribution is 7.16. The van der Waals surface area contributed by atoms with Crippen LogP contribution in [-0.2, 0) is 19.0 Å². The number of carbonyl (C=O) groups excluding carboxylic acids is 2. The summed E-state index contributed by atoms with van der Waals surface area (Å²) in [4.78, 5) is 54.1. The Balaban J connectivity index is 1.67. The zero-order chi connectivity index (χ0) is 23.7. The summed E-state index contributed by atoms with van der Waals surface area (Å²) in [5, 5.41) is 3.05. The lowest BCUT2D eigenvalue weighted by Gasteiger charge is -2.19. The molecule has 1 aromatic carbocycles. The molecule has 1 aliphatic heterocycles. The number of aromatic amines is 1. The fraction of sp³-hybridized carbons (Fsp3) is 0.316. The van der Waals surface area contributed by atoms with Crippen LogP contribution in [0.25, 0.3) is 10.3 Å². The number of rotatable bonds is 6. The van der Waals surface area contributed by atoms with Crippen molar-refractivity contribution in [1.82, 2.24) is 14.5 Å². The number of hydrogen-bond donors (Lipinski definition) is 2. The summed E-state index contributed by atoms with van der Waals surface area (Å²) in [6.45, 7) is 0.530. The third kappa shape index (κ3) is 4.29. The van der Waals surface area contributed by atoms with Crippen molar-refractivity contribution >= 4 is 39.6 Å². The zero-order valence-corrected chi connectivity index (χ0v) is 17.7. The van der Waals surface area contributed by atoms with Crippen molar-refractivity contribution in [3.8, 4) is 0 Å². The molecule has 0 aliphatic carbocycles. The molecule has 0 bridgehead atoms. The van der Waals surface area contributed by atoms with Gasteiger partial charge in [-0.25, -0.2) is 14.7 Å². The number of ether oxygens (including phenoxy) is 3. The van der Waals surface area contributed by atoms with Gasteiger partial charge in [0.05, 0.1) is 5.56 Å². The van der Waals surface area contributed by atoms with Crippen LogP contribution >= 0.6 is 11.3 Å². The number of thiazole rings is 1. The van der Waals surface area contributed by atoms with E-state index in [0.717, 1.165) is 11.5 Å². The monoisotopic (exact) mass is 477 g/mol. The predicted octanol–water partition coefficient (Wildman–Crippen LogP) is 1.83. The summed E-state index contributed by atoms with van der Waals surface area (Å²) in [6.07, 6.45) is -6.43. The Hall–Kier alpha value is -3.78. The van der Waals surface area contributed by atoms with Gasteiger partial charge in [0.25, 0.3) is 11.5 Å². The van der Waals surface area contributed by atoms with Gasteiger partial charge in [0.1, 0.15) is 17.4 Å². The molecule has 0 amide bonds. The van der Waals surface area contributed by atoms with Crippen LogP contribution < -0.4 is 10.4 Å². The summed E-state index contributed by atoms with van der Waals surface area (Å²) in [5.74, 6) is -1.93. The zero-order valence-electron chi connectivity index (χ0n) is 16.9. The lowest BCUT2D eigenvalue weighted by molar-refractivity contribution is -0.154. The summed E-state index contributed by atoms with van der Waals surface area (Å²) in [6, 6.07) is 8.01. The van der Waals surface area contributed by atoms with Crippen LogP contribution in [0, 0.1) is 5.53 Å². The van der Waals surface area contributed by atoms with Gasteiger partial charge in [-0.05, 0) is 12.1 Å².